The van der Waals surface area contributed by atoms with E-state index in [0.29, 0.717) is 25.5 Å². The van der Waals surface area contributed by atoms with Crippen LogP contribution in [-0.4, -0.2) is 42.1 Å². The third-order valence-corrected chi connectivity index (χ3v) is 6.19. The van der Waals surface area contributed by atoms with Crippen molar-refractivity contribution >= 4 is 22.7 Å². The van der Waals surface area contributed by atoms with Gasteiger partial charge in [-0.3, -0.25) is 9.59 Å². The minimum absolute atomic E-state index is 0.00825. The van der Waals surface area contributed by atoms with E-state index < -0.39 is 6.04 Å². The minimum atomic E-state index is -0.586. The van der Waals surface area contributed by atoms with Gasteiger partial charge in [0.2, 0.25) is 11.8 Å². The number of aromatic nitrogens is 1. The summed E-state index contributed by atoms with van der Waals surface area (Å²) in [5, 5.41) is 7.15. The van der Waals surface area contributed by atoms with Crippen LogP contribution in [0.3, 0.4) is 0 Å². The highest BCUT2D eigenvalue weighted by molar-refractivity contribution is 5.90. The molecule has 31 heavy (non-hydrogen) atoms. The standard InChI is InChI=1S/C25H37N3O3/c1-17(2)31-14-6-13-26-25(30)23(28-24(29)19-11-9-18(3)10-12-19)15-20-16-27-22-8-5-4-7-21(20)22/h4-5,7-8,16-19,23,27H,6,9-15H2,1-3H3,(H,26,30)(H,28,29)/t18?,19?,23-/m0/s1. The van der Waals surface area contributed by atoms with Crippen LogP contribution in [0.5, 0.6) is 0 Å². The summed E-state index contributed by atoms with van der Waals surface area (Å²) in [6.45, 7) is 7.38. The molecular formula is C25H37N3O3. The van der Waals surface area contributed by atoms with E-state index in [2.05, 4.69) is 22.5 Å². The van der Waals surface area contributed by atoms with Crippen molar-refractivity contribution in [1.29, 1.82) is 0 Å². The molecule has 1 aromatic carbocycles. The number of nitrogens with one attached hydrogen (secondary N) is 3. The van der Waals surface area contributed by atoms with Crippen LogP contribution in [0.2, 0.25) is 0 Å². The molecule has 3 N–H and O–H groups in total. The predicted molar refractivity (Wildman–Crippen MR) is 124 cm³/mol. The zero-order valence-electron chi connectivity index (χ0n) is 19.1. The quantitative estimate of drug-likeness (QED) is 0.502. The molecule has 1 aliphatic rings. The number of carbonyl (C=O) groups is 2. The molecule has 6 nitrogen and oxygen atoms in total. The van der Waals surface area contributed by atoms with Gasteiger partial charge < -0.3 is 20.4 Å². The van der Waals surface area contributed by atoms with Gasteiger partial charge in [0.1, 0.15) is 6.04 Å². The van der Waals surface area contributed by atoms with Crippen LogP contribution >= 0.6 is 0 Å². The molecule has 1 heterocycles. The Bertz CT molecular complexity index is 853. The number of fused-ring (bicyclic) bond motifs is 1. The number of amides is 2. The van der Waals surface area contributed by atoms with Crippen LogP contribution < -0.4 is 10.6 Å². The largest absolute Gasteiger partial charge is 0.379 e. The highest BCUT2D eigenvalue weighted by Gasteiger charge is 2.28. The number of benzene rings is 1. The van der Waals surface area contributed by atoms with Gasteiger partial charge in [-0.15, -0.1) is 0 Å². The van der Waals surface area contributed by atoms with Crippen molar-refractivity contribution in [2.45, 2.75) is 71.4 Å². The first-order valence-corrected chi connectivity index (χ1v) is 11.7. The van der Waals surface area contributed by atoms with Gasteiger partial charge in [0, 0.05) is 42.6 Å². The zero-order chi connectivity index (χ0) is 22.2. The molecule has 0 spiro atoms. The average Bonchev–Trinajstić information content (AvgIpc) is 3.16. The van der Waals surface area contributed by atoms with E-state index in [4.69, 9.17) is 4.74 Å². The second-order valence-corrected chi connectivity index (χ2v) is 9.15. The molecule has 2 aromatic rings. The van der Waals surface area contributed by atoms with Crippen LogP contribution in [0.25, 0.3) is 10.9 Å². The van der Waals surface area contributed by atoms with Crippen molar-refractivity contribution in [3.05, 3.63) is 36.0 Å². The van der Waals surface area contributed by atoms with Crippen LogP contribution in [0.4, 0.5) is 0 Å². The second-order valence-electron chi connectivity index (χ2n) is 9.15. The van der Waals surface area contributed by atoms with Crippen molar-refractivity contribution in [3.63, 3.8) is 0 Å². The first-order chi connectivity index (χ1) is 14.9. The van der Waals surface area contributed by atoms with E-state index in [1.807, 2.05) is 44.3 Å². The SMILES string of the molecule is CC1CCC(C(=O)N[C@@H](Cc2c[nH]c3ccccc23)C(=O)NCCCOC(C)C)CC1. The molecule has 0 bridgehead atoms. The summed E-state index contributed by atoms with van der Waals surface area (Å²) in [7, 11) is 0. The summed E-state index contributed by atoms with van der Waals surface area (Å²) in [5.41, 5.74) is 2.08. The Morgan fingerprint density at radius 3 is 2.65 bits per heavy atom. The zero-order valence-corrected chi connectivity index (χ0v) is 19.1. The third kappa shape index (κ3) is 6.82. The molecule has 0 aliphatic heterocycles. The van der Waals surface area contributed by atoms with Gasteiger partial charge in [-0.2, -0.15) is 0 Å². The molecule has 1 aliphatic carbocycles. The molecule has 0 unspecified atom stereocenters. The maximum absolute atomic E-state index is 13.0. The second kappa shape index (κ2) is 11.3. The summed E-state index contributed by atoms with van der Waals surface area (Å²) in [6.07, 6.45) is 7.30. The Balaban J connectivity index is 1.64. The van der Waals surface area contributed by atoms with E-state index in [-0.39, 0.29) is 23.8 Å². The molecule has 0 saturated heterocycles. The number of hydrogen-bond acceptors (Lipinski definition) is 3. The number of aromatic amines is 1. The van der Waals surface area contributed by atoms with Gasteiger partial charge in [-0.25, -0.2) is 0 Å². The fourth-order valence-electron chi connectivity index (χ4n) is 4.27. The number of H-pyrrole nitrogens is 1. The lowest BCUT2D eigenvalue weighted by Gasteiger charge is -2.27. The molecule has 1 saturated carbocycles. The molecule has 3 rings (SSSR count). The predicted octanol–water partition coefficient (Wildman–Crippen LogP) is 3.95. The Morgan fingerprint density at radius 1 is 1.16 bits per heavy atom. The van der Waals surface area contributed by atoms with Gasteiger partial charge in [0.05, 0.1) is 6.10 Å². The van der Waals surface area contributed by atoms with Crippen LogP contribution in [0, 0.1) is 11.8 Å². The number of para-hydroxylation sites is 1. The molecule has 2 amide bonds. The first-order valence-electron chi connectivity index (χ1n) is 11.7. The maximum atomic E-state index is 13.0. The highest BCUT2D eigenvalue weighted by atomic mass is 16.5. The molecule has 1 fully saturated rings. The number of ether oxygens (including phenoxy) is 1. The summed E-state index contributed by atoms with van der Waals surface area (Å²) < 4.78 is 5.54. The number of carbonyl (C=O) groups excluding carboxylic acids is 2. The molecule has 1 aromatic heterocycles. The molecule has 0 radical (unpaired) electrons. The third-order valence-electron chi connectivity index (χ3n) is 6.19. The number of rotatable bonds is 10. The summed E-state index contributed by atoms with van der Waals surface area (Å²) >= 11 is 0. The lowest BCUT2D eigenvalue weighted by atomic mass is 9.82. The first kappa shape index (κ1) is 23.3. The van der Waals surface area contributed by atoms with Gasteiger partial charge in [-0.05, 0) is 63.5 Å². The fourth-order valence-corrected chi connectivity index (χ4v) is 4.27. The lowest BCUT2D eigenvalue weighted by Crippen LogP contribution is -2.50. The summed E-state index contributed by atoms with van der Waals surface area (Å²) in [6, 6.07) is 7.45. The van der Waals surface area contributed by atoms with Crippen molar-refractivity contribution < 1.29 is 14.3 Å². The van der Waals surface area contributed by atoms with Crippen LogP contribution in [0.1, 0.15) is 58.4 Å². The van der Waals surface area contributed by atoms with Crippen LogP contribution in [-0.2, 0) is 20.7 Å². The molecule has 1 atom stereocenters. The van der Waals surface area contributed by atoms with Gasteiger partial charge >= 0.3 is 0 Å². The van der Waals surface area contributed by atoms with Gasteiger partial charge in [0.15, 0.2) is 0 Å². The number of hydrogen-bond donors (Lipinski definition) is 3. The summed E-state index contributed by atoms with van der Waals surface area (Å²) in [4.78, 5) is 29.2. The average molecular weight is 428 g/mol. The topological polar surface area (TPSA) is 83.2 Å². The van der Waals surface area contributed by atoms with E-state index in [9.17, 15) is 9.59 Å². The lowest BCUT2D eigenvalue weighted by molar-refractivity contribution is -0.131. The van der Waals surface area contributed by atoms with Crippen LogP contribution in [0.15, 0.2) is 30.5 Å². The van der Waals surface area contributed by atoms with Crippen molar-refractivity contribution in [1.82, 2.24) is 15.6 Å². The fraction of sp³-hybridized carbons (Fsp3) is 0.600. The van der Waals surface area contributed by atoms with E-state index in [1.165, 1.54) is 0 Å². The Labute approximate surface area is 185 Å². The molecule has 6 heteroatoms. The Hall–Kier alpha value is -2.34. The molecular weight excluding hydrogens is 390 g/mol. The highest BCUT2D eigenvalue weighted by Crippen LogP contribution is 2.28. The van der Waals surface area contributed by atoms with Gasteiger partial charge in [-0.1, -0.05) is 25.1 Å². The van der Waals surface area contributed by atoms with E-state index in [0.717, 1.165) is 48.6 Å². The van der Waals surface area contributed by atoms with E-state index in [1.54, 1.807) is 0 Å². The monoisotopic (exact) mass is 427 g/mol. The Morgan fingerprint density at radius 2 is 1.90 bits per heavy atom. The molecule has 170 valence electrons. The Kier molecular flexibility index (Phi) is 8.52. The minimum Gasteiger partial charge on any atom is -0.379 e. The van der Waals surface area contributed by atoms with Crippen molar-refractivity contribution in [2.24, 2.45) is 11.8 Å². The maximum Gasteiger partial charge on any atom is 0.242 e. The normalized spacial score (nSPS) is 20.0. The van der Waals surface area contributed by atoms with Crippen molar-refractivity contribution in [2.75, 3.05) is 13.2 Å². The van der Waals surface area contributed by atoms with E-state index >= 15 is 0 Å². The van der Waals surface area contributed by atoms with Gasteiger partial charge in [0.25, 0.3) is 0 Å². The summed E-state index contributed by atoms with van der Waals surface area (Å²) in [5.74, 6) is 0.568. The smallest absolute Gasteiger partial charge is 0.242 e. The van der Waals surface area contributed by atoms with Crippen molar-refractivity contribution in [3.8, 4) is 0 Å².